The maximum atomic E-state index is 14.0. The molecule has 0 saturated carbocycles. The van der Waals surface area contributed by atoms with Crippen LogP contribution in [0.15, 0.2) is 108 Å². The van der Waals surface area contributed by atoms with E-state index < -0.39 is 0 Å². The van der Waals surface area contributed by atoms with Gasteiger partial charge in [-0.2, -0.15) is 0 Å². The number of aromatic nitrogens is 2. The summed E-state index contributed by atoms with van der Waals surface area (Å²) in [5, 5.41) is 18.2. The number of ether oxygens (including phenoxy) is 5. The van der Waals surface area contributed by atoms with Crippen molar-refractivity contribution in [2.24, 2.45) is 4.99 Å². The summed E-state index contributed by atoms with van der Waals surface area (Å²) >= 11 is 0. The number of fused-ring (bicyclic) bond motifs is 8. The summed E-state index contributed by atoms with van der Waals surface area (Å²) in [4.78, 5) is 45.4. The molecule has 2 amide bonds. The molecule has 81 heavy (non-hydrogen) atoms. The van der Waals surface area contributed by atoms with Crippen LogP contribution in [0, 0.1) is 6.92 Å². The molecular weight excluding hydrogens is 1100 g/mol. The van der Waals surface area contributed by atoms with E-state index in [0.717, 1.165) is 60.2 Å². The molecule has 0 spiro atoms. The number of rotatable bonds is 23. The van der Waals surface area contributed by atoms with Gasteiger partial charge in [0.15, 0.2) is 11.5 Å². The van der Waals surface area contributed by atoms with E-state index in [1.165, 1.54) is 5.56 Å². The lowest BCUT2D eigenvalue weighted by Gasteiger charge is -2.22. The Hall–Kier alpha value is -6.15. The van der Waals surface area contributed by atoms with Gasteiger partial charge >= 0.3 is 0 Å². The van der Waals surface area contributed by atoms with E-state index in [9.17, 15) is 9.59 Å². The van der Waals surface area contributed by atoms with E-state index in [1.54, 1.807) is 53.0 Å². The van der Waals surface area contributed by atoms with Crippen molar-refractivity contribution in [3.8, 4) is 28.7 Å². The SMILES string of the molecule is COc1cc2c(cc1OCc1cc(OCCCC(C)(C)SSC)cc(COc3cc4c(cc3C)C(=O)N3c5ccccc5C[C@H]3C=C4)n1)N=C[C@@H]1Cc3ccccc3N1C2=O.CSSC(C)(C)CCCOc1cc(CO)nc(CO)c1. The van der Waals surface area contributed by atoms with E-state index in [2.05, 4.69) is 63.4 Å². The van der Waals surface area contributed by atoms with Crippen LogP contribution in [0.4, 0.5) is 17.1 Å². The number of amides is 2. The minimum absolute atomic E-state index is 0.00758. The largest absolute Gasteiger partial charge is 0.493 e. The second-order valence-electron chi connectivity index (χ2n) is 21.4. The molecule has 0 bridgehead atoms. The Morgan fingerprint density at radius 3 is 1.70 bits per heavy atom. The molecule has 4 aliphatic heterocycles. The van der Waals surface area contributed by atoms with Crippen LogP contribution in [0.25, 0.3) is 6.08 Å². The number of aliphatic hydroxyl groups is 2. The van der Waals surface area contributed by atoms with Gasteiger partial charge in [-0.15, -0.1) is 0 Å². The molecule has 0 unspecified atom stereocenters. The summed E-state index contributed by atoms with van der Waals surface area (Å²) in [6.07, 6.45) is 15.6. The van der Waals surface area contributed by atoms with Crippen LogP contribution in [0.3, 0.4) is 0 Å². The molecule has 2 N–H and O–H groups in total. The number of hydrogen-bond donors (Lipinski definition) is 2. The minimum atomic E-state index is -0.167. The molecule has 0 radical (unpaired) electrons. The predicted octanol–water partition coefficient (Wildman–Crippen LogP) is 13.4. The first kappa shape index (κ1) is 59.5. The van der Waals surface area contributed by atoms with E-state index >= 15 is 0 Å². The highest BCUT2D eigenvalue weighted by Gasteiger charge is 2.38. The second-order valence-corrected chi connectivity index (χ2v) is 27.6. The zero-order valence-electron chi connectivity index (χ0n) is 47.2. The molecule has 18 heteroatoms. The van der Waals surface area contributed by atoms with Crippen molar-refractivity contribution < 1.29 is 43.5 Å². The van der Waals surface area contributed by atoms with Crippen molar-refractivity contribution in [2.75, 3.05) is 42.6 Å². The fourth-order valence-electron chi connectivity index (χ4n) is 10.5. The maximum absolute atomic E-state index is 14.0. The van der Waals surface area contributed by atoms with Gasteiger partial charge in [-0.25, -0.2) is 0 Å². The number of carbonyl (C=O) groups is 2. The lowest BCUT2D eigenvalue weighted by molar-refractivity contribution is 0.0977. The quantitative estimate of drug-likeness (QED) is 0.0459. The molecule has 4 aliphatic rings. The summed E-state index contributed by atoms with van der Waals surface area (Å²) in [6.45, 7) is 12.1. The van der Waals surface area contributed by atoms with Crippen LogP contribution in [-0.4, -0.2) is 92.6 Å². The number of methoxy groups -OCH3 is 1. The lowest BCUT2D eigenvalue weighted by atomic mass is 10.0. The second kappa shape index (κ2) is 26.8. The molecule has 0 fully saturated rings. The molecule has 2 atom stereocenters. The highest BCUT2D eigenvalue weighted by Crippen LogP contribution is 2.43. The maximum Gasteiger partial charge on any atom is 0.261 e. The molecule has 10 rings (SSSR count). The first-order valence-corrected chi connectivity index (χ1v) is 32.3. The third-order valence-corrected chi connectivity index (χ3v) is 19.7. The fourth-order valence-corrected chi connectivity index (χ4v) is 15.0. The number of aryl methyl sites for hydroxylation is 1. The number of pyridine rings is 2. The predicted molar refractivity (Wildman–Crippen MR) is 332 cm³/mol. The number of hydrogen-bond acceptors (Lipinski definition) is 16. The summed E-state index contributed by atoms with van der Waals surface area (Å²) in [5.74, 6) is 2.73. The number of para-hydroxylation sites is 2. The molecule has 4 aromatic carbocycles. The highest BCUT2D eigenvalue weighted by molar-refractivity contribution is 8.77. The smallest absolute Gasteiger partial charge is 0.261 e. The van der Waals surface area contributed by atoms with Crippen LogP contribution < -0.4 is 33.5 Å². The normalized spacial score (nSPS) is 15.8. The van der Waals surface area contributed by atoms with Crippen molar-refractivity contribution in [2.45, 2.75) is 121 Å². The average Bonchev–Trinajstić information content (AvgIpc) is 3.80. The van der Waals surface area contributed by atoms with Crippen LogP contribution >= 0.6 is 43.2 Å². The molecule has 2 aromatic heterocycles. The number of nitrogens with zero attached hydrogens (tertiary/aromatic N) is 5. The molecule has 6 aromatic rings. The Kier molecular flexibility index (Phi) is 19.7. The van der Waals surface area contributed by atoms with Gasteiger partial charge in [0.2, 0.25) is 0 Å². The van der Waals surface area contributed by atoms with Crippen molar-refractivity contribution in [1.29, 1.82) is 0 Å². The zero-order chi connectivity index (χ0) is 57.3. The summed E-state index contributed by atoms with van der Waals surface area (Å²) in [5.41, 5.74) is 9.82. The van der Waals surface area contributed by atoms with Crippen molar-refractivity contribution >= 4 is 84.3 Å². The van der Waals surface area contributed by atoms with Gasteiger partial charge in [-0.1, -0.05) is 91.7 Å². The number of aliphatic hydroxyl groups excluding tert-OH is 2. The van der Waals surface area contributed by atoms with Crippen LogP contribution in [-0.2, 0) is 39.3 Å². The van der Waals surface area contributed by atoms with Gasteiger partial charge in [-0.3, -0.25) is 29.4 Å². The molecule has 14 nitrogen and oxygen atoms in total. The Balaban J connectivity index is 0.000000336. The summed E-state index contributed by atoms with van der Waals surface area (Å²) in [7, 11) is 8.88. The Morgan fingerprint density at radius 2 is 1.14 bits per heavy atom. The van der Waals surface area contributed by atoms with E-state index in [0.29, 0.717) is 88.0 Å². The van der Waals surface area contributed by atoms with Gasteiger partial charge in [0.25, 0.3) is 11.8 Å². The fraction of sp³-hybridized carbons (Fsp3) is 0.381. The van der Waals surface area contributed by atoms with E-state index in [1.807, 2.05) is 111 Å². The number of aliphatic imine (C=N–C) groups is 1. The minimum Gasteiger partial charge on any atom is -0.493 e. The van der Waals surface area contributed by atoms with Gasteiger partial charge in [0.1, 0.15) is 30.5 Å². The Bertz CT molecular complexity index is 3280. The first-order valence-electron chi connectivity index (χ1n) is 27.2. The van der Waals surface area contributed by atoms with Crippen molar-refractivity contribution in [1.82, 2.24) is 9.97 Å². The van der Waals surface area contributed by atoms with Crippen molar-refractivity contribution in [3.63, 3.8) is 0 Å². The number of carbonyl (C=O) groups excluding carboxylic acids is 2. The van der Waals surface area contributed by atoms with Gasteiger partial charge in [-0.05, 0) is 132 Å². The first-order chi connectivity index (χ1) is 39.1. The summed E-state index contributed by atoms with van der Waals surface area (Å²) < 4.78 is 31.1. The third-order valence-electron chi connectivity index (χ3n) is 14.3. The van der Waals surface area contributed by atoms with E-state index in [4.69, 9.17) is 43.9 Å². The third kappa shape index (κ3) is 14.6. The van der Waals surface area contributed by atoms with Crippen LogP contribution in [0.1, 0.15) is 119 Å². The monoisotopic (exact) mass is 1170 g/mol. The molecule has 426 valence electrons. The average molecular weight is 1170 g/mol. The lowest BCUT2D eigenvalue weighted by Crippen LogP contribution is -2.37. The number of anilines is 2. The Morgan fingerprint density at radius 1 is 0.617 bits per heavy atom. The van der Waals surface area contributed by atoms with Gasteiger partial charge < -0.3 is 38.8 Å². The summed E-state index contributed by atoms with van der Waals surface area (Å²) in [6, 6.07) is 30.5. The topological polar surface area (TPSA) is 165 Å². The van der Waals surface area contributed by atoms with Gasteiger partial charge in [0, 0.05) is 69.4 Å². The number of benzene rings is 4. The standard InChI is InChI=1S/C49H48N4O6S2.C14H23NO3S2/c1-30-19-39-31(15-16-36-20-32-11-6-8-13-42(32)52(36)47(39)54)22-44(30)58-28-34-23-38(57-18-10-17-49(2,3)61-60-5)24-35(51-34)29-59-46-26-41-40(25-45(46)56-4)48(55)53-37(27-50-41)21-33-12-7-9-14-43(33)53;1-14(2,20-19-3)5-4-6-18-13-7-11(9-16)15-12(8-13)10-17/h6-9,11-16,19,22-27,36-37H,10,17-18,20-21,28-29H2,1-5H3;7-8,16-17H,4-6,9-10H2,1-3H3/t36-,37+;/m1./s1. The molecule has 6 heterocycles. The van der Waals surface area contributed by atoms with Crippen molar-refractivity contribution in [3.05, 3.63) is 159 Å². The molecule has 0 aliphatic carbocycles. The highest BCUT2D eigenvalue weighted by atomic mass is 33.1. The molecular formula is C63H71N5O9S4. The Labute approximate surface area is 491 Å². The van der Waals surface area contributed by atoms with E-state index in [-0.39, 0.29) is 59.8 Å². The zero-order valence-corrected chi connectivity index (χ0v) is 50.5. The van der Waals surface area contributed by atoms with Gasteiger partial charge in [0.05, 0.1) is 79.6 Å². The van der Waals surface area contributed by atoms with Crippen LogP contribution in [0.2, 0.25) is 0 Å². The van der Waals surface area contributed by atoms with Crippen LogP contribution in [0.5, 0.6) is 28.7 Å². The molecule has 0 saturated heterocycles.